The maximum atomic E-state index is 14.2. The average Bonchev–Trinajstić information content (AvgIpc) is 0.878. The van der Waals surface area contributed by atoms with Gasteiger partial charge < -0.3 is 4.74 Å². The third-order valence-corrected chi connectivity index (χ3v) is 18.3. The van der Waals surface area contributed by atoms with Crippen LogP contribution in [0, 0.1) is 31.6 Å². The second-order valence-corrected chi connectivity index (χ2v) is 25.1. The Morgan fingerprint density at radius 2 is 0.596 bits per heavy atom. The quantitative estimate of drug-likeness (QED) is 0.0760. The molecule has 5 radical (unpaired) electrons. The van der Waals surface area contributed by atoms with E-state index in [-0.39, 0.29) is 26.1 Å². The Bertz CT molecular complexity index is 3560. The first-order chi connectivity index (χ1) is 45.5. The number of halogens is 24. The van der Waals surface area contributed by atoms with Crippen molar-refractivity contribution in [3.63, 3.8) is 0 Å². The molecule has 2 aliphatic rings. The molecule has 1 saturated carbocycles. The van der Waals surface area contributed by atoms with Crippen molar-refractivity contribution in [2.75, 3.05) is 6.61 Å². The maximum Gasteiger partial charge on any atom is 0.416 e. The molecule has 1 heterocycles. The molecule has 1 atom stereocenters. The Kier molecular flexibility index (Phi) is 24.7. The van der Waals surface area contributed by atoms with Crippen molar-refractivity contribution in [2.45, 2.75) is 95.0 Å². The largest absolute Gasteiger partial charge is 0.475 e. The van der Waals surface area contributed by atoms with Crippen molar-refractivity contribution >= 4 is 57.7 Å². The third-order valence-electron chi connectivity index (χ3n) is 15.8. The first-order valence-corrected chi connectivity index (χ1v) is 30.8. The van der Waals surface area contributed by atoms with Crippen LogP contribution in [0.25, 0.3) is 11.1 Å². The fourth-order valence-electron chi connectivity index (χ4n) is 11.2. The number of hydrogen-bond donors (Lipinski definition) is 0. The van der Waals surface area contributed by atoms with Crippen molar-refractivity contribution in [3.8, 4) is 11.1 Å². The minimum atomic E-state index is -6.13. The Hall–Kier alpha value is -7.31. The Morgan fingerprint density at radius 3 is 0.859 bits per heavy atom. The topological polar surface area (TPSA) is 21.6 Å². The van der Waals surface area contributed by atoms with Gasteiger partial charge in [-0.05, 0) is 123 Å². The first-order valence-electron chi connectivity index (χ1n) is 29.4. The fraction of sp³-hybridized carbons (Fsp3) is 0.243. The van der Waals surface area contributed by atoms with Gasteiger partial charge in [-0.3, -0.25) is 0 Å². The molecule has 99 heavy (non-hydrogen) atoms. The van der Waals surface area contributed by atoms with Gasteiger partial charge in [-0.1, -0.05) is 166 Å². The number of aliphatic imine (C=N–C) groups is 1. The van der Waals surface area contributed by atoms with Gasteiger partial charge in [0.25, 0.3) is 0 Å². The van der Waals surface area contributed by atoms with Gasteiger partial charge in [0, 0.05) is 25.7 Å². The molecule has 10 rings (SSSR count). The molecule has 0 bridgehead atoms. The fourth-order valence-corrected chi connectivity index (χ4v) is 13.7. The normalized spacial score (nSPS) is 15.4. The van der Waals surface area contributed by atoms with E-state index in [0.717, 1.165) is 11.5 Å². The van der Waals surface area contributed by atoms with Crippen molar-refractivity contribution in [2.24, 2.45) is 10.9 Å². The molecule has 0 amide bonds. The molecule has 0 spiro atoms. The summed E-state index contributed by atoms with van der Waals surface area (Å²) in [6.45, 7) is 5.06. The van der Waals surface area contributed by atoms with E-state index in [4.69, 9.17) is 9.73 Å². The van der Waals surface area contributed by atoms with Gasteiger partial charge in [-0.25, -0.2) is 4.99 Å². The minimum absolute atomic E-state index is 0. The Morgan fingerprint density at radius 1 is 0.343 bits per heavy atom. The number of nitrogens with zero attached hydrogens (tertiary/aromatic N) is 1. The van der Waals surface area contributed by atoms with Crippen LogP contribution in [0.2, 0.25) is 0 Å². The standard InChI is InChI=1S/C32H12BF24.C30H28NOP.C8H12.Ir/c34-25(35,36)13-1-14(26(37,38)39)6-21(5-13)33(22-7-15(27(40,41)42)2-16(8-22)28(43,44)45,23-9-17(29(46,47)48)3-18(10-23)30(49,50)51)24-11-19(31(52,53)54)4-20(12-24)32(55,56)57;1-22(2)28-21-32-30(31-28)27-19-10-9-17-25(27)26-18-11-12-20-29(26)33(23-13-5-3-6-14-23)24-15-7-4-8-16-24;1-2-4-6-8-7-5-3-1;/h1-12H;3-20,22,28H,21H2,1-2H3;1-2,7-8H,3-6H2;/q-1;;;/t;28-;;/m.1../s1. The van der Waals surface area contributed by atoms with Crippen molar-refractivity contribution in [1.82, 2.24) is 0 Å². The molecule has 29 heteroatoms. The van der Waals surface area contributed by atoms with Crippen LogP contribution >= 0.6 is 7.92 Å². The van der Waals surface area contributed by atoms with Crippen LogP contribution < -0.4 is 37.8 Å². The number of rotatable bonds is 10. The SMILES string of the molecule is CC(C)[C@H]1COC(c2ccccc2-c2ccccc2P(c2ccccc2)c2ccccc2)=N1.FC(F)(F)c1cc([B-](c2cc(C(F)(F)F)cc(C(F)(F)F)c2)(c2cc(C(F)(F)F)cc(C(F)(F)F)c2)c2cc(C(F)(F)F)cc(C(F)(F)F)c2)cc(C(F)(F)F)c1.[CH]1[CH]CC[CH][CH]CC1.[Ir]. The van der Waals surface area contributed by atoms with Crippen LogP contribution in [0.1, 0.15) is 89.6 Å². The summed E-state index contributed by atoms with van der Waals surface area (Å²) in [5.41, 5.74) is -26.7. The van der Waals surface area contributed by atoms with E-state index in [0.29, 0.717) is 12.5 Å². The number of ether oxygens (including phenoxy) is 1. The number of hydrogen-bond acceptors (Lipinski definition) is 2. The summed E-state index contributed by atoms with van der Waals surface area (Å²) in [7, 11) is -0.715. The van der Waals surface area contributed by atoms with E-state index < -0.39 is 203 Å². The van der Waals surface area contributed by atoms with Gasteiger partial charge in [0.2, 0.25) is 5.90 Å². The van der Waals surface area contributed by atoms with Crippen LogP contribution in [0.4, 0.5) is 105 Å². The zero-order valence-electron chi connectivity index (χ0n) is 51.1. The minimum Gasteiger partial charge on any atom is -0.475 e. The van der Waals surface area contributed by atoms with E-state index in [1.54, 1.807) is 0 Å². The molecule has 529 valence electrons. The zero-order chi connectivity index (χ0) is 72.2. The van der Waals surface area contributed by atoms with E-state index in [2.05, 4.69) is 149 Å². The second-order valence-electron chi connectivity index (χ2n) is 22.9. The average molecular weight is 1610 g/mol. The smallest absolute Gasteiger partial charge is 0.416 e. The molecular weight excluding hydrogens is 1560 g/mol. The monoisotopic (exact) mass is 1610 g/mol. The van der Waals surface area contributed by atoms with Gasteiger partial charge in [0.1, 0.15) is 12.8 Å². The van der Waals surface area contributed by atoms with Crippen LogP contribution in [-0.2, 0) is 74.3 Å². The summed E-state index contributed by atoms with van der Waals surface area (Å²) < 4.78 is 347. The number of alkyl halides is 24. The molecule has 8 aromatic rings. The van der Waals surface area contributed by atoms with Gasteiger partial charge in [0.15, 0.2) is 0 Å². The molecule has 1 fully saturated rings. The summed E-state index contributed by atoms with van der Waals surface area (Å²) >= 11 is 0. The predicted octanol–water partition coefficient (Wildman–Crippen LogP) is 19.5. The van der Waals surface area contributed by atoms with E-state index >= 15 is 0 Å². The Balaban J connectivity index is 0.000000273. The molecule has 8 aromatic carbocycles. The summed E-state index contributed by atoms with van der Waals surface area (Å²) in [5, 5.41) is 4.03. The van der Waals surface area contributed by atoms with Crippen molar-refractivity contribution in [1.29, 1.82) is 0 Å². The van der Waals surface area contributed by atoms with Crippen LogP contribution in [-0.4, -0.2) is 24.7 Å². The van der Waals surface area contributed by atoms with E-state index in [1.807, 2.05) is 0 Å². The summed E-state index contributed by atoms with van der Waals surface area (Å²) in [4.78, 5) is 4.93. The molecule has 0 saturated heterocycles. The van der Waals surface area contributed by atoms with E-state index in [9.17, 15) is 105 Å². The van der Waals surface area contributed by atoms with E-state index in [1.165, 1.54) is 52.7 Å². The van der Waals surface area contributed by atoms with Gasteiger partial charge in [0.05, 0.1) is 50.5 Å². The van der Waals surface area contributed by atoms with Crippen LogP contribution in [0.15, 0.2) is 187 Å². The molecule has 1 aliphatic heterocycles. The molecule has 0 unspecified atom stereocenters. The van der Waals surface area contributed by atoms with Gasteiger partial charge in [-0.15, -0.1) is 0 Å². The van der Waals surface area contributed by atoms with Crippen molar-refractivity contribution < 1.29 is 130 Å². The molecule has 0 aromatic heterocycles. The zero-order valence-corrected chi connectivity index (χ0v) is 54.4. The maximum absolute atomic E-state index is 14.2. The Labute approximate surface area is 566 Å². The molecular formula is C70H52BF24IrNOP-. The van der Waals surface area contributed by atoms with Gasteiger partial charge in [-0.2, -0.15) is 127 Å². The first kappa shape index (κ1) is 79.0. The third kappa shape index (κ3) is 19.4. The van der Waals surface area contributed by atoms with Crippen LogP contribution in [0.3, 0.4) is 0 Å². The number of benzene rings is 8. The van der Waals surface area contributed by atoms with Crippen LogP contribution in [0.5, 0.6) is 0 Å². The summed E-state index contributed by atoms with van der Waals surface area (Å²) in [6.07, 6.45) is -40.8. The summed E-state index contributed by atoms with van der Waals surface area (Å²) in [6, 6.07) is 30.5. The molecule has 1 aliphatic carbocycles. The van der Waals surface area contributed by atoms with Gasteiger partial charge >= 0.3 is 49.4 Å². The predicted molar refractivity (Wildman–Crippen MR) is 327 cm³/mol. The molecule has 0 N–H and O–H groups in total. The molecule has 2 nitrogen and oxygen atoms in total. The second kappa shape index (κ2) is 30.9. The van der Waals surface area contributed by atoms with Crippen molar-refractivity contribution in [3.05, 3.63) is 258 Å². The summed E-state index contributed by atoms with van der Waals surface area (Å²) in [5.74, 6) is 1.23.